The molecule has 1 rings (SSSR count). The molecule has 6 heteroatoms. The maximum absolute atomic E-state index is 12.1. The van der Waals surface area contributed by atoms with Crippen molar-refractivity contribution in [2.75, 3.05) is 40.3 Å². The van der Waals surface area contributed by atoms with Gasteiger partial charge in [-0.3, -0.25) is 14.5 Å². The van der Waals surface area contributed by atoms with Crippen LogP contribution in [0.15, 0.2) is 0 Å². The summed E-state index contributed by atoms with van der Waals surface area (Å²) in [7, 11) is 3.47. The Balaban J connectivity index is 2.64. The average molecular weight is 266 g/mol. The van der Waals surface area contributed by atoms with Crippen molar-refractivity contribution in [3.63, 3.8) is 0 Å². The molecule has 0 bridgehead atoms. The van der Waals surface area contributed by atoms with E-state index in [2.05, 4.69) is 0 Å². The fourth-order valence-corrected chi connectivity index (χ4v) is 2.16. The Morgan fingerprint density at radius 3 is 2.68 bits per heavy atom. The predicted molar refractivity (Wildman–Crippen MR) is 71.2 cm³/mol. The molecule has 0 radical (unpaired) electrons. The SMILES string of the molecule is CN(CCC#N)C(=O)CN1CCN(C)C(=O)C1(C)C. The Hall–Kier alpha value is -1.61. The van der Waals surface area contributed by atoms with E-state index in [0.29, 0.717) is 26.1 Å². The third-order valence-corrected chi connectivity index (χ3v) is 3.68. The van der Waals surface area contributed by atoms with E-state index in [-0.39, 0.29) is 18.4 Å². The van der Waals surface area contributed by atoms with Crippen molar-refractivity contribution in [1.29, 1.82) is 5.26 Å². The summed E-state index contributed by atoms with van der Waals surface area (Å²) in [5.74, 6) is -0.0214. The van der Waals surface area contributed by atoms with Crippen LogP contribution in [0, 0.1) is 11.3 Å². The van der Waals surface area contributed by atoms with Crippen molar-refractivity contribution < 1.29 is 9.59 Å². The van der Waals surface area contributed by atoms with E-state index in [1.165, 1.54) is 0 Å². The number of amides is 2. The van der Waals surface area contributed by atoms with Crippen molar-refractivity contribution in [3.05, 3.63) is 0 Å². The largest absolute Gasteiger partial charge is 0.344 e. The number of nitrogens with zero attached hydrogens (tertiary/aromatic N) is 4. The molecule has 1 heterocycles. The van der Waals surface area contributed by atoms with Crippen LogP contribution in [0.5, 0.6) is 0 Å². The zero-order valence-corrected chi connectivity index (χ0v) is 12.1. The van der Waals surface area contributed by atoms with Crippen molar-refractivity contribution in [2.45, 2.75) is 25.8 Å². The highest BCUT2D eigenvalue weighted by Crippen LogP contribution is 2.21. The van der Waals surface area contributed by atoms with Crippen LogP contribution in [0.2, 0.25) is 0 Å². The van der Waals surface area contributed by atoms with Crippen LogP contribution in [0.1, 0.15) is 20.3 Å². The van der Waals surface area contributed by atoms with E-state index in [9.17, 15) is 9.59 Å². The van der Waals surface area contributed by atoms with E-state index in [1.54, 1.807) is 23.9 Å². The van der Waals surface area contributed by atoms with Gasteiger partial charge in [-0.1, -0.05) is 0 Å². The molecular formula is C13H22N4O2. The lowest BCUT2D eigenvalue weighted by Crippen LogP contribution is -2.63. The number of likely N-dealkylation sites (N-methyl/N-ethyl adjacent to an activating group) is 2. The summed E-state index contributed by atoms with van der Waals surface area (Å²) in [5.41, 5.74) is -0.654. The van der Waals surface area contributed by atoms with Gasteiger partial charge >= 0.3 is 0 Å². The highest BCUT2D eigenvalue weighted by Gasteiger charge is 2.41. The van der Waals surface area contributed by atoms with Crippen LogP contribution >= 0.6 is 0 Å². The minimum Gasteiger partial charge on any atom is -0.344 e. The third-order valence-electron chi connectivity index (χ3n) is 3.68. The maximum Gasteiger partial charge on any atom is 0.242 e. The number of carbonyl (C=O) groups excluding carboxylic acids is 2. The van der Waals surface area contributed by atoms with Crippen LogP contribution in [0.25, 0.3) is 0 Å². The van der Waals surface area contributed by atoms with Gasteiger partial charge in [-0.05, 0) is 13.8 Å². The van der Waals surface area contributed by atoms with Gasteiger partial charge in [0.25, 0.3) is 0 Å². The number of nitriles is 1. The Labute approximate surface area is 114 Å². The van der Waals surface area contributed by atoms with Gasteiger partial charge < -0.3 is 9.80 Å². The van der Waals surface area contributed by atoms with Crippen LogP contribution in [-0.2, 0) is 9.59 Å². The standard InChI is InChI=1S/C13H22N4O2/c1-13(2)12(19)16(4)8-9-17(13)10-11(18)15(3)7-5-6-14/h5,7-10H2,1-4H3. The zero-order valence-electron chi connectivity index (χ0n) is 12.1. The highest BCUT2D eigenvalue weighted by molar-refractivity contribution is 5.87. The van der Waals surface area contributed by atoms with Crippen molar-refractivity contribution in [1.82, 2.24) is 14.7 Å². The second kappa shape index (κ2) is 6.02. The van der Waals surface area contributed by atoms with Gasteiger partial charge in [0.15, 0.2) is 0 Å². The van der Waals surface area contributed by atoms with Gasteiger partial charge in [0.2, 0.25) is 11.8 Å². The van der Waals surface area contributed by atoms with Crippen molar-refractivity contribution in [3.8, 4) is 6.07 Å². The first-order valence-corrected chi connectivity index (χ1v) is 6.42. The molecule has 2 amide bonds. The molecule has 19 heavy (non-hydrogen) atoms. The number of hydrogen-bond donors (Lipinski definition) is 0. The molecule has 0 unspecified atom stereocenters. The summed E-state index contributed by atoms with van der Waals surface area (Å²) in [5, 5.41) is 8.52. The second-order valence-electron chi connectivity index (χ2n) is 5.43. The zero-order chi connectivity index (χ0) is 14.6. The normalized spacial score (nSPS) is 19.1. The quantitative estimate of drug-likeness (QED) is 0.713. The molecule has 0 saturated carbocycles. The summed E-state index contributed by atoms with van der Waals surface area (Å²) in [6, 6.07) is 2.02. The minimum absolute atomic E-state index is 0.0335. The summed E-state index contributed by atoms with van der Waals surface area (Å²) < 4.78 is 0. The van der Waals surface area contributed by atoms with Gasteiger partial charge in [-0.25, -0.2) is 0 Å². The molecule has 6 nitrogen and oxygen atoms in total. The fourth-order valence-electron chi connectivity index (χ4n) is 2.16. The first-order chi connectivity index (χ1) is 8.80. The monoisotopic (exact) mass is 266 g/mol. The first-order valence-electron chi connectivity index (χ1n) is 6.42. The van der Waals surface area contributed by atoms with Crippen LogP contribution in [0.4, 0.5) is 0 Å². The van der Waals surface area contributed by atoms with Crippen LogP contribution in [-0.4, -0.2) is 72.3 Å². The lowest BCUT2D eigenvalue weighted by Gasteiger charge is -2.44. The predicted octanol–water partition coefficient (Wildman–Crippen LogP) is -0.0889. The molecule has 106 valence electrons. The third kappa shape index (κ3) is 3.44. The maximum atomic E-state index is 12.1. The summed E-state index contributed by atoms with van der Waals surface area (Å²) in [6.07, 6.45) is 0.327. The summed E-state index contributed by atoms with van der Waals surface area (Å²) in [4.78, 5) is 29.3. The number of hydrogen-bond acceptors (Lipinski definition) is 4. The van der Waals surface area contributed by atoms with Gasteiger partial charge in [-0.2, -0.15) is 5.26 Å². The number of rotatable bonds is 4. The molecule has 0 N–H and O–H groups in total. The van der Waals surface area contributed by atoms with Crippen LogP contribution < -0.4 is 0 Å². The molecule has 0 spiro atoms. The minimum atomic E-state index is -0.654. The Kier molecular flexibility index (Phi) is 4.90. The van der Waals surface area contributed by atoms with Gasteiger partial charge in [0, 0.05) is 33.7 Å². The molecule has 0 aliphatic carbocycles. The number of piperazine rings is 1. The first kappa shape index (κ1) is 15.4. The molecule has 1 fully saturated rings. The molecular weight excluding hydrogens is 244 g/mol. The van der Waals surface area contributed by atoms with Gasteiger partial charge in [0.05, 0.1) is 24.6 Å². The molecule has 0 aromatic heterocycles. The lowest BCUT2D eigenvalue weighted by molar-refractivity contribution is -0.149. The summed E-state index contributed by atoms with van der Waals surface area (Å²) in [6.45, 7) is 5.65. The lowest BCUT2D eigenvalue weighted by atomic mass is 9.98. The van der Waals surface area contributed by atoms with E-state index < -0.39 is 5.54 Å². The van der Waals surface area contributed by atoms with E-state index in [0.717, 1.165) is 0 Å². The second-order valence-corrected chi connectivity index (χ2v) is 5.43. The van der Waals surface area contributed by atoms with Crippen LogP contribution in [0.3, 0.4) is 0 Å². The van der Waals surface area contributed by atoms with Crippen molar-refractivity contribution in [2.24, 2.45) is 0 Å². The van der Waals surface area contributed by atoms with Gasteiger partial charge in [0.1, 0.15) is 0 Å². The molecule has 0 atom stereocenters. The highest BCUT2D eigenvalue weighted by atomic mass is 16.2. The Bertz CT molecular complexity index is 400. The molecule has 1 aliphatic rings. The molecule has 1 aliphatic heterocycles. The molecule has 0 aromatic carbocycles. The van der Waals surface area contributed by atoms with Gasteiger partial charge in [-0.15, -0.1) is 0 Å². The average Bonchev–Trinajstić information content (AvgIpc) is 2.37. The van der Waals surface area contributed by atoms with E-state index >= 15 is 0 Å². The Morgan fingerprint density at radius 1 is 1.47 bits per heavy atom. The smallest absolute Gasteiger partial charge is 0.242 e. The summed E-state index contributed by atoms with van der Waals surface area (Å²) >= 11 is 0. The Morgan fingerprint density at radius 2 is 2.11 bits per heavy atom. The van der Waals surface area contributed by atoms with Crippen molar-refractivity contribution >= 4 is 11.8 Å². The molecule has 0 aromatic rings. The topological polar surface area (TPSA) is 67.7 Å². The van der Waals surface area contributed by atoms with E-state index in [1.807, 2.05) is 24.8 Å². The fraction of sp³-hybridized carbons (Fsp3) is 0.769. The van der Waals surface area contributed by atoms with E-state index in [4.69, 9.17) is 5.26 Å². The molecule has 1 saturated heterocycles. The number of carbonyl (C=O) groups is 2.